The topological polar surface area (TPSA) is 131 Å². The minimum Gasteiger partial charge on any atom is -0.480 e. The summed E-state index contributed by atoms with van der Waals surface area (Å²) < 4.78 is 10.0. The molecule has 2 heterocycles. The van der Waals surface area contributed by atoms with Crippen LogP contribution in [-0.4, -0.2) is 54.8 Å². The van der Waals surface area contributed by atoms with Gasteiger partial charge in [0.15, 0.2) is 0 Å². The van der Waals surface area contributed by atoms with Crippen LogP contribution in [0.5, 0.6) is 0 Å². The van der Waals surface area contributed by atoms with E-state index in [0.717, 1.165) is 13.1 Å². The molecular formula is C12H17ClN2O7. The quantitative estimate of drug-likeness (QED) is 0.424. The van der Waals surface area contributed by atoms with Crippen molar-refractivity contribution < 1.29 is 33.8 Å². The van der Waals surface area contributed by atoms with Crippen molar-refractivity contribution in [1.82, 2.24) is 10.6 Å². The summed E-state index contributed by atoms with van der Waals surface area (Å²) in [4.78, 5) is 45.6. The molecule has 0 radical (unpaired) electrons. The zero-order chi connectivity index (χ0) is 15.4. The van der Waals surface area contributed by atoms with Crippen LogP contribution in [0.25, 0.3) is 0 Å². The number of carbonyl (C=O) groups excluding carboxylic acids is 3. The first-order chi connectivity index (χ1) is 9.99. The van der Waals surface area contributed by atoms with Crippen molar-refractivity contribution in [3.63, 3.8) is 0 Å². The van der Waals surface area contributed by atoms with Gasteiger partial charge in [0.05, 0.1) is 0 Å². The second-order valence-electron chi connectivity index (χ2n) is 4.87. The third-order valence-electron chi connectivity index (χ3n) is 3.38. The molecule has 3 N–H and O–H groups in total. The van der Waals surface area contributed by atoms with Crippen molar-refractivity contribution >= 4 is 36.2 Å². The molecule has 0 aliphatic carbocycles. The molecule has 10 heteroatoms. The Labute approximate surface area is 132 Å². The van der Waals surface area contributed by atoms with E-state index in [1.807, 2.05) is 5.32 Å². The smallest absolute Gasteiger partial charge is 0.333 e. The van der Waals surface area contributed by atoms with E-state index in [2.05, 4.69) is 5.32 Å². The second-order valence-corrected chi connectivity index (χ2v) is 4.87. The SMILES string of the molecule is Cl.O=C(O)CNC(=O)C1C(=O)OC(C2CCNCC2)OC1=O. The summed E-state index contributed by atoms with van der Waals surface area (Å²) in [6.45, 7) is 0.783. The second kappa shape index (κ2) is 7.95. The number of aliphatic carboxylic acids is 1. The molecule has 0 bridgehead atoms. The summed E-state index contributed by atoms with van der Waals surface area (Å²) in [6, 6.07) is 0. The zero-order valence-electron chi connectivity index (χ0n) is 11.6. The summed E-state index contributed by atoms with van der Waals surface area (Å²) >= 11 is 0. The number of cyclic esters (lactones) is 2. The monoisotopic (exact) mass is 336 g/mol. The molecule has 0 spiro atoms. The minimum absolute atomic E-state index is 0. The molecule has 9 nitrogen and oxygen atoms in total. The van der Waals surface area contributed by atoms with Gasteiger partial charge >= 0.3 is 17.9 Å². The molecule has 0 aromatic carbocycles. The fourth-order valence-corrected chi connectivity index (χ4v) is 2.27. The Kier molecular flexibility index (Phi) is 6.57. The average molecular weight is 337 g/mol. The maximum absolute atomic E-state index is 11.8. The molecule has 2 rings (SSSR count). The molecule has 0 aromatic rings. The van der Waals surface area contributed by atoms with Crippen LogP contribution in [0.2, 0.25) is 0 Å². The molecular weight excluding hydrogens is 320 g/mol. The van der Waals surface area contributed by atoms with Crippen molar-refractivity contribution in [1.29, 1.82) is 0 Å². The molecule has 124 valence electrons. The minimum atomic E-state index is -1.76. The number of carboxylic acid groups (broad SMARTS) is 1. The maximum Gasteiger partial charge on any atom is 0.333 e. The highest BCUT2D eigenvalue weighted by Crippen LogP contribution is 2.25. The number of rotatable bonds is 4. The van der Waals surface area contributed by atoms with Crippen LogP contribution in [0, 0.1) is 11.8 Å². The number of esters is 2. The van der Waals surface area contributed by atoms with Gasteiger partial charge in [0.1, 0.15) is 6.54 Å². The summed E-state index contributed by atoms with van der Waals surface area (Å²) in [5, 5.41) is 13.5. The summed E-state index contributed by atoms with van der Waals surface area (Å²) in [5.41, 5.74) is 0. The van der Waals surface area contributed by atoms with E-state index >= 15 is 0 Å². The lowest BCUT2D eigenvalue weighted by Gasteiger charge is -2.33. The highest BCUT2D eigenvalue weighted by atomic mass is 35.5. The average Bonchev–Trinajstić information content (AvgIpc) is 2.45. The Morgan fingerprint density at radius 1 is 1.18 bits per heavy atom. The number of carboxylic acids is 1. The van der Waals surface area contributed by atoms with Crippen LogP contribution in [0.3, 0.4) is 0 Å². The normalized spacial score (nSPS) is 25.5. The number of amides is 1. The van der Waals surface area contributed by atoms with Crippen molar-refractivity contribution in [3.05, 3.63) is 0 Å². The zero-order valence-corrected chi connectivity index (χ0v) is 12.4. The van der Waals surface area contributed by atoms with Crippen LogP contribution in [0.4, 0.5) is 0 Å². The third-order valence-corrected chi connectivity index (χ3v) is 3.38. The number of hydrogen-bond acceptors (Lipinski definition) is 7. The Morgan fingerprint density at radius 2 is 1.73 bits per heavy atom. The van der Waals surface area contributed by atoms with Gasteiger partial charge in [0, 0.05) is 5.92 Å². The summed E-state index contributed by atoms with van der Waals surface area (Å²) in [5.74, 6) is -6.18. The molecule has 2 aliphatic heterocycles. The summed E-state index contributed by atoms with van der Waals surface area (Å²) in [6.07, 6.45) is 0.415. The van der Waals surface area contributed by atoms with Crippen molar-refractivity contribution in [3.8, 4) is 0 Å². The first-order valence-corrected chi connectivity index (χ1v) is 6.60. The fraction of sp³-hybridized carbons (Fsp3) is 0.667. The predicted molar refractivity (Wildman–Crippen MR) is 72.9 cm³/mol. The van der Waals surface area contributed by atoms with Gasteiger partial charge in [-0.15, -0.1) is 12.4 Å². The molecule has 0 saturated carbocycles. The highest BCUT2D eigenvalue weighted by Gasteiger charge is 2.46. The lowest BCUT2D eigenvalue weighted by atomic mass is 9.96. The number of halogens is 1. The molecule has 2 saturated heterocycles. The van der Waals surface area contributed by atoms with Crippen LogP contribution in [0.15, 0.2) is 0 Å². The Balaban J connectivity index is 0.00000242. The van der Waals surface area contributed by atoms with E-state index in [4.69, 9.17) is 14.6 Å². The number of piperidine rings is 1. The molecule has 22 heavy (non-hydrogen) atoms. The van der Waals surface area contributed by atoms with Gasteiger partial charge < -0.3 is 25.2 Å². The highest BCUT2D eigenvalue weighted by molar-refractivity contribution is 6.15. The van der Waals surface area contributed by atoms with Gasteiger partial charge in [0.25, 0.3) is 0 Å². The van der Waals surface area contributed by atoms with Crippen LogP contribution >= 0.6 is 12.4 Å². The number of carbonyl (C=O) groups is 4. The molecule has 0 atom stereocenters. The van der Waals surface area contributed by atoms with Gasteiger partial charge in [-0.25, -0.2) is 0 Å². The molecule has 2 aliphatic rings. The van der Waals surface area contributed by atoms with E-state index in [0.29, 0.717) is 12.8 Å². The van der Waals surface area contributed by atoms with Crippen LogP contribution in [0.1, 0.15) is 12.8 Å². The van der Waals surface area contributed by atoms with E-state index in [1.54, 1.807) is 0 Å². The summed E-state index contributed by atoms with van der Waals surface area (Å²) in [7, 11) is 0. The van der Waals surface area contributed by atoms with Gasteiger partial charge in [0.2, 0.25) is 18.1 Å². The van der Waals surface area contributed by atoms with Crippen molar-refractivity contribution in [2.24, 2.45) is 11.8 Å². The van der Waals surface area contributed by atoms with Crippen molar-refractivity contribution in [2.75, 3.05) is 19.6 Å². The van der Waals surface area contributed by atoms with E-state index in [-0.39, 0.29) is 18.3 Å². The largest absolute Gasteiger partial charge is 0.480 e. The number of ether oxygens (including phenoxy) is 2. The van der Waals surface area contributed by atoms with Gasteiger partial charge in [-0.2, -0.15) is 0 Å². The molecule has 0 unspecified atom stereocenters. The first-order valence-electron chi connectivity index (χ1n) is 6.60. The Hall–Kier alpha value is -1.87. The van der Waals surface area contributed by atoms with Gasteiger partial charge in [-0.1, -0.05) is 0 Å². The van der Waals surface area contributed by atoms with E-state index in [1.165, 1.54) is 0 Å². The lowest BCUT2D eigenvalue weighted by molar-refractivity contribution is -0.222. The standard InChI is InChI=1S/C12H16N2O7.ClH/c15-7(16)5-14-9(17)8-10(18)20-12(21-11(8)19)6-1-3-13-4-2-6;/h6,8,12-13H,1-5H2,(H,14,17)(H,15,16);1H. The van der Waals surface area contributed by atoms with Gasteiger partial charge in [-0.05, 0) is 25.9 Å². The van der Waals surface area contributed by atoms with E-state index < -0.39 is 42.6 Å². The molecule has 0 aromatic heterocycles. The number of nitrogens with one attached hydrogen (secondary N) is 2. The van der Waals surface area contributed by atoms with Gasteiger partial charge in [-0.3, -0.25) is 19.2 Å². The lowest BCUT2D eigenvalue weighted by Crippen LogP contribution is -2.51. The fourth-order valence-electron chi connectivity index (χ4n) is 2.27. The number of hydrogen-bond donors (Lipinski definition) is 3. The maximum atomic E-state index is 11.8. The molecule has 1 amide bonds. The third kappa shape index (κ3) is 4.31. The molecule has 2 fully saturated rings. The Bertz CT molecular complexity index is 446. The van der Waals surface area contributed by atoms with Crippen molar-refractivity contribution in [2.45, 2.75) is 19.1 Å². The predicted octanol–water partition coefficient (Wildman–Crippen LogP) is -1.35. The van der Waals surface area contributed by atoms with Crippen LogP contribution < -0.4 is 10.6 Å². The first kappa shape index (κ1) is 18.2. The van der Waals surface area contributed by atoms with E-state index in [9.17, 15) is 19.2 Å². The Morgan fingerprint density at radius 3 is 2.23 bits per heavy atom. The van der Waals surface area contributed by atoms with Crippen LogP contribution in [-0.2, 0) is 28.7 Å².